The molecule has 0 aromatic heterocycles. The average molecular weight is 338 g/mol. The lowest BCUT2D eigenvalue weighted by molar-refractivity contribution is -0.114. The van der Waals surface area contributed by atoms with Crippen molar-refractivity contribution >= 4 is 33.3 Å². The summed E-state index contributed by atoms with van der Waals surface area (Å²) < 4.78 is 0. The molecule has 0 fully saturated rings. The van der Waals surface area contributed by atoms with E-state index in [0.717, 1.165) is 16.6 Å². The minimum absolute atomic E-state index is 0.0697. The Balaban J connectivity index is 2.35. The Kier molecular flexibility index (Phi) is 4.05. The standard InChI is InChI=1S/C16H20BrNO2/c1-10-5-6-13-12(7-10)14(19)15(20)18(13)9-11(8-17)16(2,3)4/h5-7,11H,8-9H2,1-4H3. The van der Waals surface area contributed by atoms with Crippen LogP contribution in [0, 0.1) is 18.3 Å². The average Bonchev–Trinajstić information content (AvgIpc) is 2.58. The van der Waals surface area contributed by atoms with Crippen molar-refractivity contribution in [2.75, 3.05) is 16.8 Å². The zero-order valence-corrected chi connectivity index (χ0v) is 14.0. The van der Waals surface area contributed by atoms with Crippen LogP contribution >= 0.6 is 15.9 Å². The molecule has 0 bridgehead atoms. The number of Topliss-reactive ketones (excluding diaryl/α,β-unsaturated/α-hetero) is 1. The van der Waals surface area contributed by atoms with E-state index in [9.17, 15) is 9.59 Å². The molecule has 0 saturated carbocycles. The molecule has 1 unspecified atom stereocenters. The van der Waals surface area contributed by atoms with Crippen molar-refractivity contribution in [1.82, 2.24) is 0 Å². The molecule has 0 radical (unpaired) electrons. The Labute approximate surface area is 128 Å². The van der Waals surface area contributed by atoms with Crippen LogP contribution in [-0.2, 0) is 4.79 Å². The quantitative estimate of drug-likeness (QED) is 0.624. The number of alkyl halides is 1. The van der Waals surface area contributed by atoms with Crippen molar-refractivity contribution < 1.29 is 9.59 Å². The van der Waals surface area contributed by atoms with Crippen LogP contribution in [0.4, 0.5) is 5.69 Å². The lowest BCUT2D eigenvalue weighted by atomic mass is 9.82. The second-order valence-electron chi connectivity index (χ2n) is 6.48. The van der Waals surface area contributed by atoms with Gasteiger partial charge in [-0.25, -0.2) is 0 Å². The van der Waals surface area contributed by atoms with Gasteiger partial charge in [-0.15, -0.1) is 0 Å². The van der Waals surface area contributed by atoms with Gasteiger partial charge in [0.15, 0.2) is 0 Å². The molecule has 3 nitrogen and oxygen atoms in total. The molecule has 0 saturated heterocycles. The van der Waals surface area contributed by atoms with Crippen LogP contribution in [0.1, 0.15) is 36.7 Å². The smallest absolute Gasteiger partial charge is 0.299 e. The molecule has 1 heterocycles. The highest BCUT2D eigenvalue weighted by Gasteiger charge is 2.38. The number of halogens is 1. The highest BCUT2D eigenvalue weighted by atomic mass is 79.9. The lowest BCUT2D eigenvalue weighted by Crippen LogP contribution is -2.39. The van der Waals surface area contributed by atoms with Gasteiger partial charge in [0.1, 0.15) is 0 Å². The van der Waals surface area contributed by atoms with Crippen molar-refractivity contribution in [3.05, 3.63) is 29.3 Å². The van der Waals surface area contributed by atoms with Crippen LogP contribution < -0.4 is 4.90 Å². The third kappa shape index (κ3) is 2.66. The van der Waals surface area contributed by atoms with E-state index in [1.54, 1.807) is 11.0 Å². The van der Waals surface area contributed by atoms with Crippen molar-refractivity contribution in [1.29, 1.82) is 0 Å². The Morgan fingerprint density at radius 2 is 1.90 bits per heavy atom. The van der Waals surface area contributed by atoms with E-state index in [4.69, 9.17) is 0 Å². The zero-order valence-electron chi connectivity index (χ0n) is 12.4. The van der Waals surface area contributed by atoms with Crippen molar-refractivity contribution in [2.45, 2.75) is 27.7 Å². The number of amides is 1. The zero-order chi connectivity index (χ0) is 15.1. The van der Waals surface area contributed by atoms with E-state index >= 15 is 0 Å². The van der Waals surface area contributed by atoms with Gasteiger partial charge in [-0.3, -0.25) is 9.59 Å². The monoisotopic (exact) mass is 337 g/mol. The van der Waals surface area contributed by atoms with Crippen LogP contribution in [0.25, 0.3) is 0 Å². The molecule has 0 N–H and O–H groups in total. The van der Waals surface area contributed by atoms with Crippen LogP contribution in [-0.4, -0.2) is 23.6 Å². The Morgan fingerprint density at radius 1 is 1.25 bits per heavy atom. The van der Waals surface area contributed by atoms with Crippen LogP contribution in [0.2, 0.25) is 0 Å². The summed E-state index contributed by atoms with van der Waals surface area (Å²) in [5, 5.41) is 0.801. The number of carbonyl (C=O) groups is 2. The first-order valence-corrected chi connectivity index (χ1v) is 7.90. The maximum absolute atomic E-state index is 12.2. The number of hydrogen-bond donors (Lipinski definition) is 0. The molecule has 0 spiro atoms. The number of nitrogens with zero attached hydrogens (tertiary/aromatic N) is 1. The van der Waals surface area contributed by atoms with E-state index in [1.165, 1.54) is 0 Å². The number of rotatable bonds is 3. The Hall–Kier alpha value is -1.16. The fourth-order valence-electron chi connectivity index (χ4n) is 2.37. The number of benzene rings is 1. The molecule has 1 aromatic rings. The summed E-state index contributed by atoms with van der Waals surface area (Å²) in [6.07, 6.45) is 0. The number of ketones is 1. The minimum atomic E-state index is -0.402. The number of carbonyl (C=O) groups excluding carboxylic acids is 2. The van der Waals surface area contributed by atoms with Gasteiger partial charge in [0.05, 0.1) is 11.3 Å². The minimum Gasteiger partial charge on any atom is -0.304 e. The van der Waals surface area contributed by atoms with Crippen LogP contribution in [0.5, 0.6) is 0 Å². The number of fused-ring (bicyclic) bond motifs is 1. The highest BCUT2D eigenvalue weighted by Crippen LogP contribution is 2.34. The van der Waals surface area contributed by atoms with Crippen molar-refractivity contribution in [2.24, 2.45) is 11.3 Å². The maximum Gasteiger partial charge on any atom is 0.299 e. The molecule has 20 heavy (non-hydrogen) atoms. The Morgan fingerprint density at radius 3 is 2.45 bits per heavy atom. The van der Waals surface area contributed by atoms with Gasteiger partial charge in [-0.1, -0.05) is 48.3 Å². The van der Waals surface area contributed by atoms with E-state index in [0.29, 0.717) is 12.1 Å². The molecule has 1 amide bonds. The molecule has 108 valence electrons. The predicted molar refractivity (Wildman–Crippen MR) is 84.6 cm³/mol. The van der Waals surface area contributed by atoms with E-state index < -0.39 is 5.91 Å². The third-order valence-electron chi connectivity index (χ3n) is 3.94. The molecule has 2 rings (SSSR count). The van der Waals surface area contributed by atoms with Gasteiger partial charge in [-0.05, 0) is 30.4 Å². The number of hydrogen-bond acceptors (Lipinski definition) is 2. The fraction of sp³-hybridized carbons (Fsp3) is 0.500. The summed E-state index contributed by atoms with van der Waals surface area (Å²) in [4.78, 5) is 25.9. The van der Waals surface area contributed by atoms with Crippen LogP contribution in [0.3, 0.4) is 0 Å². The van der Waals surface area contributed by atoms with Crippen molar-refractivity contribution in [3.8, 4) is 0 Å². The van der Waals surface area contributed by atoms with Gasteiger partial charge in [0.25, 0.3) is 11.7 Å². The Bertz CT molecular complexity index is 560. The van der Waals surface area contributed by atoms with Gasteiger partial charge in [0.2, 0.25) is 0 Å². The summed E-state index contributed by atoms with van der Waals surface area (Å²) >= 11 is 3.52. The molecule has 0 aliphatic carbocycles. The van der Waals surface area contributed by atoms with E-state index in [1.807, 2.05) is 19.1 Å². The second-order valence-corrected chi connectivity index (χ2v) is 7.13. The first-order chi connectivity index (χ1) is 9.25. The first kappa shape index (κ1) is 15.2. The number of aryl methyl sites for hydroxylation is 1. The SMILES string of the molecule is Cc1ccc2c(c1)C(=O)C(=O)N2CC(CBr)C(C)(C)C. The van der Waals surface area contributed by atoms with E-state index in [-0.39, 0.29) is 17.1 Å². The number of anilines is 1. The third-order valence-corrected chi connectivity index (χ3v) is 4.72. The summed E-state index contributed by atoms with van der Waals surface area (Å²) in [6.45, 7) is 8.94. The molecular weight excluding hydrogens is 318 g/mol. The maximum atomic E-state index is 12.2. The van der Waals surface area contributed by atoms with Gasteiger partial charge in [-0.2, -0.15) is 0 Å². The molecule has 1 atom stereocenters. The summed E-state index contributed by atoms with van der Waals surface area (Å²) in [6, 6.07) is 5.62. The largest absolute Gasteiger partial charge is 0.304 e. The second kappa shape index (κ2) is 5.32. The summed E-state index contributed by atoms with van der Waals surface area (Å²) in [5.74, 6) is -0.502. The van der Waals surface area contributed by atoms with E-state index in [2.05, 4.69) is 36.7 Å². The van der Waals surface area contributed by atoms with Gasteiger partial charge >= 0.3 is 0 Å². The fourth-order valence-corrected chi connectivity index (χ4v) is 3.55. The van der Waals surface area contributed by atoms with Gasteiger partial charge in [0, 0.05) is 11.9 Å². The van der Waals surface area contributed by atoms with Gasteiger partial charge < -0.3 is 4.90 Å². The molecule has 1 aliphatic rings. The summed E-state index contributed by atoms with van der Waals surface area (Å²) in [7, 11) is 0. The lowest BCUT2D eigenvalue weighted by Gasteiger charge is -2.32. The molecular formula is C16H20BrNO2. The molecule has 1 aliphatic heterocycles. The molecule has 1 aromatic carbocycles. The van der Waals surface area contributed by atoms with Crippen LogP contribution in [0.15, 0.2) is 18.2 Å². The summed E-state index contributed by atoms with van der Waals surface area (Å²) in [5.41, 5.74) is 2.36. The van der Waals surface area contributed by atoms with Crippen molar-refractivity contribution in [3.63, 3.8) is 0 Å². The predicted octanol–water partition coefficient (Wildman–Crippen LogP) is 3.58. The normalized spacial score (nSPS) is 16.6. The topological polar surface area (TPSA) is 37.4 Å². The first-order valence-electron chi connectivity index (χ1n) is 6.78. The highest BCUT2D eigenvalue weighted by molar-refractivity contribution is 9.09. The molecule has 4 heteroatoms.